The monoisotopic (exact) mass is 580 g/mol. The van der Waals surface area contributed by atoms with Crippen LogP contribution in [0.5, 0.6) is 0 Å². The van der Waals surface area contributed by atoms with E-state index in [-0.39, 0.29) is 29.9 Å². The van der Waals surface area contributed by atoms with Gasteiger partial charge < -0.3 is 28.8 Å². The number of nitrogens with one attached hydrogen (secondary N) is 1. The number of piperidine rings is 1. The number of amides is 1. The second-order valence-corrected chi connectivity index (χ2v) is 11.2. The minimum Gasteiger partial charge on any atom is -0.454 e. The van der Waals surface area contributed by atoms with Crippen molar-refractivity contribution in [3.63, 3.8) is 0 Å². The summed E-state index contributed by atoms with van der Waals surface area (Å²) in [6.07, 6.45) is 2.42. The zero-order chi connectivity index (χ0) is 29.0. The molecule has 1 N–H and O–H groups in total. The zero-order valence-electron chi connectivity index (χ0n) is 23.6. The molecule has 0 saturated carbocycles. The first kappa shape index (κ1) is 29.9. The van der Waals surface area contributed by atoms with E-state index < -0.39 is 18.0 Å². The molecule has 2 aromatic rings. The number of hydrogen-bond acceptors (Lipinski definition) is 8. The number of aromatic nitrogens is 2. The van der Waals surface area contributed by atoms with Crippen LogP contribution in [-0.2, 0) is 26.8 Å². The Morgan fingerprint density at radius 3 is 2.68 bits per heavy atom. The number of aryl methyl sites for hydroxylation is 1. The summed E-state index contributed by atoms with van der Waals surface area (Å²) < 4.78 is 61.1. The van der Waals surface area contributed by atoms with Gasteiger partial charge in [0.25, 0.3) is 5.91 Å². The Morgan fingerprint density at radius 1 is 1.15 bits per heavy atom. The van der Waals surface area contributed by atoms with Gasteiger partial charge >= 0.3 is 6.18 Å². The molecular weight excluding hydrogens is 541 g/mol. The van der Waals surface area contributed by atoms with Gasteiger partial charge in [0.15, 0.2) is 0 Å². The van der Waals surface area contributed by atoms with Crippen LogP contribution in [-0.4, -0.2) is 78.5 Å². The third kappa shape index (κ3) is 7.28. The van der Waals surface area contributed by atoms with Gasteiger partial charge in [-0.1, -0.05) is 0 Å². The number of alkyl halides is 3. The lowest BCUT2D eigenvalue weighted by Crippen LogP contribution is -2.54. The second-order valence-electron chi connectivity index (χ2n) is 11.2. The minimum absolute atomic E-state index is 0.0442. The van der Waals surface area contributed by atoms with Gasteiger partial charge in [-0.3, -0.25) is 4.79 Å². The Morgan fingerprint density at radius 2 is 1.95 bits per heavy atom. The first-order chi connectivity index (χ1) is 19.7. The molecule has 2 aromatic heterocycles. The molecule has 0 aromatic carbocycles. The Hall–Kier alpha value is -2.54. The number of ether oxygens (including phenoxy) is 3. The highest BCUT2D eigenvalue weighted by molar-refractivity contribution is 5.93. The fraction of sp³-hybridized carbons (Fsp3) is 0.690. The Bertz CT molecular complexity index is 1170. The fourth-order valence-electron chi connectivity index (χ4n) is 6.09. The normalized spacial score (nSPS) is 26.3. The summed E-state index contributed by atoms with van der Waals surface area (Å²) in [6.45, 7) is 4.50. The summed E-state index contributed by atoms with van der Waals surface area (Å²) in [5.74, 6) is -0.886. The lowest BCUT2D eigenvalue weighted by atomic mass is 9.97. The third-order valence-electron chi connectivity index (χ3n) is 8.51. The van der Waals surface area contributed by atoms with E-state index in [0.29, 0.717) is 50.7 Å². The molecule has 5 heterocycles. The van der Waals surface area contributed by atoms with Gasteiger partial charge in [0.1, 0.15) is 23.9 Å². The summed E-state index contributed by atoms with van der Waals surface area (Å²) in [6, 6.07) is 2.88. The lowest BCUT2D eigenvalue weighted by Gasteiger charge is -2.38. The molecule has 12 heteroatoms. The number of methoxy groups -OCH3 is 1. The molecular formula is C29H39F3N4O5. The number of carbonyl (C=O) groups is 1. The number of carbonyl (C=O) groups excluding carboxylic acids is 1. The van der Waals surface area contributed by atoms with Crippen molar-refractivity contribution in [3.05, 3.63) is 46.9 Å². The van der Waals surface area contributed by atoms with E-state index in [2.05, 4.69) is 15.3 Å². The van der Waals surface area contributed by atoms with E-state index in [0.717, 1.165) is 56.0 Å². The van der Waals surface area contributed by atoms with Crippen LogP contribution in [0.15, 0.2) is 22.9 Å². The average Bonchev–Trinajstić information content (AvgIpc) is 3.49. The van der Waals surface area contributed by atoms with Gasteiger partial charge in [0.05, 0.1) is 18.8 Å². The molecule has 41 heavy (non-hydrogen) atoms. The van der Waals surface area contributed by atoms with Gasteiger partial charge in [0, 0.05) is 50.1 Å². The van der Waals surface area contributed by atoms with Crippen LogP contribution in [0.25, 0.3) is 0 Å². The van der Waals surface area contributed by atoms with Crippen molar-refractivity contribution < 1.29 is 36.6 Å². The van der Waals surface area contributed by atoms with Gasteiger partial charge in [0.2, 0.25) is 5.76 Å². The Kier molecular flexibility index (Phi) is 9.63. The van der Waals surface area contributed by atoms with Crippen LogP contribution >= 0.6 is 0 Å². The van der Waals surface area contributed by atoms with Crippen molar-refractivity contribution >= 4 is 5.91 Å². The van der Waals surface area contributed by atoms with Crippen LogP contribution in [0.2, 0.25) is 0 Å². The zero-order valence-corrected chi connectivity index (χ0v) is 23.6. The molecule has 3 saturated heterocycles. The van der Waals surface area contributed by atoms with Gasteiger partial charge in [-0.25, -0.2) is 9.97 Å². The summed E-state index contributed by atoms with van der Waals surface area (Å²) in [7, 11) is 1.71. The van der Waals surface area contributed by atoms with E-state index in [1.54, 1.807) is 7.11 Å². The predicted molar refractivity (Wildman–Crippen MR) is 142 cm³/mol. The third-order valence-corrected chi connectivity index (χ3v) is 8.51. The summed E-state index contributed by atoms with van der Waals surface area (Å²) in [4.78, 5) is 24.0. The van der Waals surface area contributed by atoms with Gasteiger partial charge in [-0.15, -0.1) is 0 Å². The highest BCUT2D eigenvalue weighted by atomic mass is 19.4. The number of likely N-dealkylation sites (tertiary alicyclic amines) is 1. The van der Waals surface area contributed by atoms with Gasteiger partial charge in [-0.2, -0.15) is 13.2 Å². The van der Waals surface area contributed by atoms with E-state index in [1.807, 2.05) is 11.8 Å². The average molecular weight is 581 g/mol. The smallest absolute Gasteiger partial charge is 0.449 e. The number of nitrogens with zero attached hydrogens (tertiary/aromatic N) is 3. The molecule has 1 amide bonds. The second kappa shape index (κ2) is 13.2. The number of hydrogen-bond donors (Lipinski definition) is 1. The molecule has 0 aliphatic carbocycles. The molecule has 4 unspecified atom stereocenters. The fourth-order valence-corrected chi connectivity index (χ4v) is 6.09. The molecule has 5 rings (SSSR count). The maximum Gasteiger partial charge on any atom is 0.449 e. The molecule has 226 valence electrons. The van der Waals surface area contributed by atoms with Crippen LogP contribution in [0.1, 0.15) is 84.3 Å². The maximum absolute atomic E-state index is 13.4. The molecule has 0 spiro atoms. The Labute approximate surface area is 238 Å². The molecule has 0 bridgehead atoms. The summed E-state index contributed by atoms with van der Waals surface area (Å²) in [5, 5.41) is 3.71. The van der Waals surface area contributed by atoms with Crippen molar-refractivity contribution in [1.29, 1.82) is 0 Å². The molecule has 4 atom stereocenters. The first-order valence-corrected chi connectivity index (χ1v) is 14.5. The van der Waals surface area contributed by atoms with Crippen molar-refractivity contribution in [2.75, 3.05) is 33.4 Å². The van der Waals surface area contributed by atoms with E-state index in [1.165, 1.54) is 12.4 Å². The number of rotatable bonds is 8. The lowest BCUT2D eigenvalue weighted by molar-refractivity contribution is -0.155. The van der Waals surface area contributed by atoms with Crippen LogP contribution < -0.4 is 5.32 Å². The van der Waals surface area contributed by atoms with Crippen LogP contribution in [0.3, 0.4) is 0 Å². The summed E-state index contributed by atoms with van der Waals surface area (Å²) >= 11 is 0. The van der Waals surface area contributed by atoms with E-state index in [9.17, 15) is 18.0 Å². The topological polar surface area (TPSA) is 99.0 Å². The molecule has 0 radical (unpaired) electrons. The van der Waals surface area contributed by atoms with E-state index >= 15 is 0 Å². The van der Waals surface area contributed by atoms with Crippen molar-refractivity contribution in [3.8, 4) is 0 Å². The molecule has 3 aliphatic heterocycles. The largest absolute Gasteiger partial charge is 0.454 e. The number of halogens is 3. The van der Waals surface area contributed by atoms with Crippen molar-refractivity contribution in [2.45, 2.75) is 94.9 Å². The van der Waals surface area contributed by atoms with Crippen LogP contribution in [0.4, 0.5) is 13.2 Å². The SMILES string of the molecule is COC1COCCC1NC1CCN(C(=O)c2ncnc(CCC3CCCC(c4ccc(C(F)(F)F)o4)O3)c2C)CC1. The highest BCUT2D eigenvalue weighted by Gasteiger charge is 2.36. The standard InChI is InChI=1S/C29H39F3N4O5/c1-18-21(7-6-20-4-3-5-23(40-20)24-8-9-26(41-24)29(30,31)32)33-17-34-27(18)28(37)36-13-10-19(11-14-36)35-22-12-15-39-16-25(22)38-2/h8-9,17,19-20,22-23,25,35H,3-7,10-16H2,1-2H3. The molecule has 3 fully saturated rings. The first-order valence-electron chi connectivity index (χ1n) is 14.5. The molecule has 9 nitrogen and oxygen atoms in total. The highest BCUT2D eigenvalue weighted by Crippen LogP contribution is 2.37. The maximum atomic E-state index is 13.4. The predicted octanol–water partition coefficient (Wildman–Crippen LogP) is 4.64. The van der Waals surface area contributed by atoms with Crippen molar-refractivity contribution in [2.24, 2.45) is 0 Å². The van der Waals surface area contributed by atoms with Crippen LogP contribution in [0, 0.1) is 6.92 Å². The number of furan rings is 1. The molecule has 3 aliphatic rings. The van der Waals surface area contributed by atoms with E-state index in [4.69, 9.17) is 18.6 Å². The minimum atomic E-state index is -4.52. The summed E-state index contributed by atoms with van der Waals surface area (Å²) in [5.41, 5.74) is 1.97. The Balaban J connectivity index is 1.13. The quantitative estimate of drug-likeness (QED) is 0.483. The van der Waals surface area contributed by atoms with Crippen molar-refractivity contribution in [1.82, 2.24) is 20.2 Å². The van der Waals surface area contributed by atoms with Gasteiger partial charge in [-0.05, 0) is 70.4 Å².